The van der Waals surface area contributed by atoms with Crippen LogP contribution in [0.2, 0.25) is 0 Å². The van der Waals surface area contributed by atoms with Gasteiger partial charge in [-0.15, -0.1) is 0 Å². The number of halogens is 1. The number of benzene rings is 1. The minimum absolute atomic E-state index is 0.123. The lowest BCUT2D eigenvalue weighted by molar-refractivity contribution is -0.132. The molecule has 0 unspecified atom stereocenters. The number of hydrogen-bond acceptors (Lipinski definition) is 2. The van der Waals surface area contributed by atoms with E-state index >= 15 is 0 Å². The summed E-state index contributed by atoms with van der Waals surface area (Å²) in [6.07, 6.45) is 0.123. The fourth-order valence-electron chi connectivity index (χ4n) is 1.02. The number of carbonyl (C=O) groups is 1. The van der Waals surface area contributed by atoms with Crippen molar-refractivity contribution in [2.45, 2.75) is 13.3 Å². The molecular weight excluding hydrogens is 185 g/mol. The van der Waals surface area contributed by atoms with Crippen LogP contribution in [0.1, 0.15) is 12.5 Å². The van der Waals surface area contributed by atoms with Crippen LogP contribution in [0.5, 0.6) is 0 Å². The number of nitrogens with one attached hydrogen (secondary N) is 1. The quantitative estimate of drug-likeness (QED) is 0.741. The molecule has 0 bridgehead atoms. The molecule has 1 aromatic carbocycles. The Labute approximate surface area is 81.8 Å². The first-order valence-electron chi connectivity index (χ1n) is 4.37. The van der Waals surface area contributed by atoms with Crippen molar-refractivity contribution in [2.24, 2.45) is 0 Å². The van der Waals surface area contributed by atoms with Gasteiger partial charge >= 0.3 is 0 Å². The van der Waals surface area contributed by atoms with Gasteiger partial charge in [-0.1, -0.05) is 12.1 Å². The van der Waals surface area contributed by atoms with Gasteiger partial charge < -0.3 is 0 Å². The van der Waals surface area contributed by atoms with E-state index in [0.717, 1.165) is 0 Å². The predicted molar refractivity (Wildman–Crippen MR) is 49.9 cm³/mol. The zero-order valence-electron chi connectivity index (χ0n) is 7.92. The topological polar surface area (TPSA) is 38.3 Å². The Morgan fingerprint density at radius 3 is 3.00 bits per heavy atom. The lowest BCUT2D eigenvalue weighted by atomic mass is 10.1. The summed E-state index contributed by atoms with van der Waals surface area (Å²) in [5.74, 6) is -0.621. The molecule has 0 aliphatic heterocycles. The van der Waals surface area contributed by atoms with Gasteiger partial charge in [0.05, 0.1) is 13.0 Å². The smallest absolute Gasteiger partial charge is 0.247 e. The van der Waals surface area contributed by atoms with Crippen LogP contribution in [0.15, 0.2) is 24.3 Å². The van der Waals surface area contributed by atoms with Crippen molar-refractivity contribution >= 4 is 5.91 Å². The maximum absolute atomic E-state index is 12.7. The van der Waals surface area contributed by atoms with E-state index in [2.05, 4.69) is 5.48 Å². The molecule has 0 aliphatic carbocycles. The molecule has 0 saturated carbocycles. The Balaban J connectivity index is 2.47. The molecule has 4 heteroatoms. The van der Waals surface area contributed by atoms with Gasteiger partial charge in [0.1, 0.15) is 5.82 Å². The van der Waals surface area contributed by atoms with Gasteiger partial charge in [0, 0.05) is 0 Å². The first kappa shape index (κ1) is 10.7. The van der Waals surface area contributed by atoms with E-state index in [9.17, 15) is 9.18 Å². The van der Waals surface area contributed by atoms with Gasteiger partial charge in [0.15, 0.2) is 0 Å². The highest BCUT2D eigenvalue weighted by Gasteiger charge is 2.03. The maximum Gasteiger partial charge on any atom is 0.247 e. The van der Waals surface area contributed by atoms with Crippen LogP contribution < -0.4 is 5.48 Å². The van der Waals surface area contributed by atoms with Crippen LogP contribution in [0.3, 0.4) is 0 Å². The molecule has 1 rings (SSSR count). The molecule has 0 spiro atoms. The van der Waals surface area contributed by atoms with Crippen molar-refractivity contribution < 1.29 is 14.0 Å². The van der Waals surface area contributed by atoms with E-state index in [0.29, 0.717) is 12.2 Å². The molecule has 3 nitrogen and oxygen atoms in total. The van der Waals surface area contributed by atoms with Crippen LogP contribution in [0, 0.1) is 5.82 Å². The average molecular weight is 197 g/mol. The van der Waals surface area contributed by atoms with E-state index in [4.69, 9.17) is 4.84 Å². The first-order valence-corrected chi connectivity index (χ1v) is 4.37. The van der Waals surface area contributed by atoms with Gasteiger partial charge in [-0.2, -0.15) is 0 Å². The van der Waals surface area contributed by atoms with Crippen LogP contribution in [0.25, 0.3) is 0 Å². The molecule has 0 radical (unpaired) electrons. The molecule has 0 heterocycles. The van der Waals surface area contributed by atoms with Gasteiger partial charge in [-0.25, -0.2) is 9.87 Å². The second kappa shape index (κ2) is 5.34. The van der Waals surface area contributed by atoms with Crippen LogP contribution >= 0.6 is 0 Å². The molecule has 0 atom stereocenters. The third-order valence-corrected chi connectivity index (χ3v) is 1.58. The highest BCUT2D eigenvalue weighted by Crippen LogP contribution is 2.03. The monoisotopic (exact) mass is 197 g/mol. The average Bonchev–Trinajstić information content (AvgIpc) is 2.15. The molecule has 1 N–H and O–H groups in total. The van der Waals surface area contributed by atoms with Crippen molar-refractivity contribution in [3.63, 3.8) is 0 Å². The third-order valence-electron chi connectivity index (χ3n) is 1.58. The Hall–Kier alpha value is -1.42. The summed E-state index contributed by atoms with van der Waals surface area (Å²) in [4.78, 5) is 15.8. The number of amides is 1. The zero-order chi connectivity index (χ0) is 10.4. The van der Waals surface area contributed by atoms with Gasteiger partial charge in [0.2, 0.25) is 5.91 Å². The molecule has 1 amide bonds. The van der Waals surface area contributed by atoms with E-state index < -0.39 is 0 Å². The molecule has 0 aliphatic rings. The van der Waals surface area contributed by atoms with E-state index in [1.807, 2.05) is 0 Å². The summed E-state index contributed by atoms with van der Waals surface area (Å²) < 4.78 is 12.7. The second-order valence-electron chi connectivity index (χ2n) is 2.76. The van der Waals surface area contributed by atoms with Crippen LogP contribution in [0.4, 0.5) is 4.39 Å². The number of rotatable bonds is 4. The SMILES string of the molecule is CCONC(=O)Cc1cccc(F)c1. The number of hydrogen-bond donors (Lipinski definition) is 1. The number of hydroxylamine groups is 1. The molecule has 1 aromatic rings. The fraction of sp³-hybridized carbons (Fsp3) is 0.300. The largest absolute Gasteiger partial charge is 0.274 e. The second-order valence-corrected chi connectivity index (χ2v) is 2.76. The summed E-state index contributed by atoms with van der Waals surface area (Å²) in [6, 6.07) is 5.92. The highest BCUT2D eigenvalue weighted by atomic mass is 19.1. The lowest BCUT2D eigenvalue weighted by Gasteiger charge is -2.03. The third kappa shape index (κ3) is 3.53. The Morgan fingerprint density at radius 2 is 2.36 bits per heavy atom. The number of carbonyl (C=O) groups excluding carboxylic acids is 1. The Kier molecular flexibility index (Phi) is 4.07. The van der Waals surface area contributed by atoms with Gasteiger partial charge in [-0.3, -0.25) is 9.63 Å². The van der Waals surface area contributed by atoms with Crippen molar-refractivity contribution in [1.29, 1.82) is 0 Å². The van der Waals surface area contributed by atoms with E-state index in [1.54, 1.807) is 19.1 Å². The van der Waals surface area contributed by atoms with E-state index in [-0.39, 0.29) is 18.1 Å². The normalized spacial score (nSPS) is 9.86. The molecule has 0 fully saturated rings. The van der Waals surface area contributed by atoms with Crippen molar-refractivity contribution in [3.05, 3.63) is 35.6 Å². The van der Waals surface area contributed by atoms with Crippen molar-refractivity contribution in [1.82, 2.24) is 5.48 Å². The summed E-state index contributed by atoms with van der Waals surface area (Å²) in [7, 11) is 0. The lowest BCUT2D eigenvalue weighted by Crippen LogP contribution is -2.25. The minimum atomic E-state index is -0.341. The van der Waals surface area contributed by atoms with Gasteiger partial charge in [0.25, 0.3) is 0 Å². The minimum Gasteiger partial charge on any atom is -0.274 e. The Morgan fingerprint density at radius 1 is 1.57 bits per heavy atom. The first-order chi connectivity index (χ1) is 6.72. The standard InChI is InChI=1S/C10H12FNO2/c1-2-14-12-10(13)7-8-4-3-5-9(11)6-8/h3-6H,2,7H2,1H3,(H,12,13). The zero-order valence-corrected chi connectivity index (χ0v) is 7.92. The van der Waals surface area contributed by atoms with Crippen LogP contribution in [-0.4, -0.2) is 12.5 Å². The van der Waals surface area contributed by atoms with Crippen molar-refractivity contribution in [3.8, 4) is 0 Å². The fourth-order valence-corrected chi connectivity index (χ4v) is 1.02. The summed E-state index contributed by atoms with van der Waals surface area (Å²) in [6.45, 7) is 2.18. The predicted octanol–water partition coefficient (Wildman–Crippen LogP) is 1.44. The van der Waals surface area contributed by atoms with Crippen LogP contribution in [-0.2, 0) is 16.1 Å². The molecular formula is C10H12FNO2. The van der Waals surface area contributed by atoms with Gasteiger partial charge in [-0.05, 0) is 24.6 Å². The maximum atomic E-state index is 12.7. The summed E-state index contributed by atoms with van der Waals surface area (Å²) >= 11 is 0. The molecule has 76 valence electrons. The van der Waals surface area contributed by atoms with E-state index in [1.165, 1.54) is 12.1 Å². The molecule has 0 aromatic heterocycles. The summed E-state index contributed by atoms with van der Waals surface area (Å²) in [5.41, 5.74) is 2.87. The summed E-state index contributed by atoms with van der Waals surface area (Å²) in [5, 5.41) is 0. The molecule has 14 heavy (non-hydrogen) atoms. The highest BCUT2D eigenvalue weighted by molar-refractivity contribution is 5.77. The van der Waals surface area contributed by atoms with Crippen molar-refractivity contribution in [2.75, 3.05) is 6.61 Å². The molecule has 0 saturated heterocycles. The Bertz CT molecular complexity index is 315.